The molecular weight excluding hydrogens is 332 g/mol. The van der Waals surface area contributed by atoms with Crippen molar-refractivity contribution in [2.45, 2.75) is 53.4 Å². The molecule has 0 fully saturated rings. The van der Waals surface area contributed by atoms with Gasteiger partial charge in [0.2, 0.25) is 5.91 Å². The molecule has 0 aliphatic heterocycles. The third-order valence-electron chi connectivity index (χ3n) is 4.63. The van der Waals surface area contributed by atoms with Crippen LogP contribution in [-0.2, 0) is 11.2 Å². The second-order valence-corrected chi connectivity index (χ2v) is 6.68. The highest BCUT2D eigenvalue weighted by Gasteiger charge is 2.26. The molecule has 2 rings (SSSR count). The van der Waals surface area contributed by atoms with Crippen molar-refractivity contribution in [1.82, 2.24) is 4.98 Å². The maximum Gasteiger partial charge on any atom is 0.305 e. The minimum atomic E-state index is -0.652. The number of amides is 1. The molecule has 4 N–H and O–H groups in total. The van der Waals surface area contributed by atoms with E-state index in [0.717, 1.165) is 18.4 Å². The Morgan fingerprint density at radius 2 is 2.00 bits per heavy atom. The van der Waals surface area contributed by atoms with Crippen LogP contribution in [0.3, 0.4) is 0 Å². The zero-order valence-electron chi connectivity index (χ0n) is 15.8. The third-order valence-corrected chi connectivity index (χ3v) is 4.63. The number of anilines is 1. The first-order chi connectivity index (χ1) is 12.3. The number of phenolic OH excluding ortho intramolecular Hbond substituents is 1. The summed E-state index contributed by atoms with van der Waals surface area (Å²) in [7, 11) is 0. The summed E-state index contributed by atoms with van der Waals surface area (Å²) in [6.45, 7) is 7.31. The molecule has 1 amide bonds. The highest BCUT2D eigenvalue weighted by atomic mass is 16.3. The molecule has 1 aromatic heterocycles. The second kappa shape index (κ2) is 8.17. The molecule has 6 nitrogen and oxygen atoms in total. The van der Waals surface area contributed by atoms with Gasteiger partial charge in [0.05, 0.1) is 11.9 Å². The van der Waals surface area contributed by atoms with Gasteiger partial charge in [-0.2, -0.15) is 0 Å². The van der Waals surface area contributed by atoms with Crippen molar-refractivity contribution < 1.29 is 14.7 Å². The first-order valence-electron chi connectivity index (χ1n) is 9.04. The molecule has 1 heterocycles. The van der Waals surface area contributed by atoms with Crippen LogP contribution in [0.15, 0.2) is 16.9 Å². The molecule has 0 aliphatic rings. The topological polar surface area (TPSA) is 104 Å². The molecule has 1 atom stereocenters. The number of aromatic amines is 1. The summed E-state index contributed by atoms with van der Waals surface area (Å²) in [6.07, 6.45) is 2.75. The molecule has 0 aliphatic carbocycles. The van der Waals surface area contributed by atoms with Crippen LogP contribution < -0.4 is 10.9 Å². The SMILES string of the molecule is CCCC(=[OH+])C(C)C(=O)Nc1cc(O)c2c(CCC)c(C)c(=O)[nH]c2c1. The number of rotatable bonds is 7. The van der Waals surface area contributed by atoms with Crippen LogP contribution in [0.2, 0.25) is 0 Å². The Morgan fingerprint density at radius 1 is 1.31 bits per heavy atom. The summed E-state index contributed by atoms with van der Waals surface area (Å²) in [5.41, 5.74) is 2.07. The number of carbonyl (C=O) groups is 1. The number of fused-ring (bicyclic) bond motifs is 1. The Hall–Kier alpha value is -2.63. The van der Waals surface area contributed by atoms with E-state index in [1.165, 1.54) is 6.07 Å². The van der Waals surface area contributed by atoms with Crippen molar-refractivity contribution >= 4 is 28.3 Å². The quantitative estimate of drug-likeness (QED) is 0.521. The zero-order chi connectivity index (χ0) is 19.4. The minimum Gasteiger partial charge on any atom is -0.507 e. The predicted molar refractivity (Wildman–Crippen MR) is 105 cm³/mol. The van der Waals surface area contributed by atoms with Crippen LogP contribution in [0, 0.1) is 12.8 Å². The van der Waals surface area contributed by atoms with Crippen molar-refractivity contribution in [3.63, 3.8) is 0 Å². The van der Waals surface area contributed by atoms with E-state index in [2.05, 4.69) is 10.3 Å². The van der Waals surface area contributed by atoms with Gasteiger partial charge in [-0.05, 0) is 38.3 Å². The van der Waals surface area contributed by atoms with Gasteiger partial charge in [-0.3, -0.25) is 14.4 Å². The Labute approximate surface area is 152 Å². The smallest absolute Gasteiger partial charge is 0.305 e. The van der Waals surface area contributed by atoms with Gasteiger partial charge in [0, 0.05) is 22.7 Å². The number of nitrogens with one attached hydrogen (secondary N) is 2. The van der Waals surface area contributed by atoms with Gasteiger partial charge in [-0.25, -0.2) is 0 Å². The first-order valence-corrected chi connectivity index (χ1v) is 9.04. The van der Waals surface area contributed by atoms with Crippen LogP contribution >= 0.6 is 0 Å². The maximum atomic E-state index is 12.3. The molecule has 0 bridgehead atoms. The number of aromatic hydroxyl groups is 1. The number of benzene rings is 1. The lowest BCUT2D eigenvalue weighted by atomic mass is 9.98. The molecule has 26 heavy (non-hydrogen) atoms. The number of hydrogen-bond donors (Lipinski definition) is 3. The van der Waals surface area contributed by atoms with Gasteiger partial charge in [0.1, 0.15) is 11.7 Å². The Kier molecular flexibility index (Phi) is 6.18. The average molecular weight is 359 g/mol. The molecule has 0 radical (unpaired) electrons. The van der Waals surface area contributed by atoms with Crippen LogP contribution in [-0.4, -0.2) is 26.6 Å². The molecule has 2 aromatic rings. The summed E-state index contributed by atoms with van der Waals surface area (Å²) >= 11 is 0. The van der Waals surface area contributed by atoms with E-state index in [1.54, 1.807) is 19.9 Å². The molecule has 0 spiro atoms. The molecular formula is C20H27N2O4+. The van der Waals surface area contributed by atoms with E-state index in [4.69, 9.17) is 0 Å². The fraction of sp³-hybridized carbons (Fsp3) is 0.450. The Bertz CT molecular complexity index is 899. The fourth-order valence-electron chi connectivity index (χ4n) is 3.09. The van der Waals surface area contributed by atoms with Crippen LogP contribution in [0.1, 0.15) is 51.2 Å². The van der Waals surface area contributed by atoms with Crippen molar-refractivity contribution in [3.05, 3.63) is 33.6 Å². The molecule has 1 unspecified atom stereocenters. The van der Waals surface area contributed by atoms with Gasteiger partial charge in [0.25, 0.3) is 5.56 Å². The molecule has 1 aromatic carbocycles. The maximum absolute atomic E-state index is 12.3. The highest BCUT2D eigenvalue weighted by molar-refractivity contribution is 6.08. The van der Waals surface area contributed by atoms with E-state index in [9.17, 15) is 19.5 Å². The number of H-pyrrole nitrogens is 1. The van der Waals surface area contributed by atoms with Crippen molar-refractivity contribution in [1.29, 1.82) is 0 Å². The summed E-state index contributed by atoms with van der Waals surface area (Å²) < 4.78 is 0. The molecule has 6 heteroatoms. The fourth-order valence-corrected chi connectivity index (χ4v) is 3.09. The van der Waals surface area contributed by atoms with Gasteiger partial charge >= 0.3 is 5.78 Å². The lowest BCUT2D eigenvalue weighted by molar-refractivity contribution is -0.117. The number of ketones is 1. The number of carbonyl (C=O) groups excluding carboxylic acids is 2. The van der Waals surface area contributed by atoms with Crippen LogP contribution in [0.5, 0.6) is 5.75 Å². The van der Waals surface area contributed by atoms with Gasteiger partial charge in [0.15, 0.2) is 0 Å². The van der Waals surface area contributed by atoms with E-state index in [0.29, 0.717) is 35.0 Å². The lowest BCUT2D eigenvalue weighted by Gasteiger charge is -2.14. The van der Waals surface area contributed by atoms with E-state index >= 15 is 0 Å². The van der Waals surface area contributed by atoms with Gasteiger partial charge in [-0.15, -0.1) is 0 Å². The Balaban J connectivity index is 2.43. The number of hydrogen-bond acceptors (Lipinski definition) is 3. The summed E-state index contributed by atoms with van der Waals surface area (Å²) in [5, 5.41) is 13.8. The van der Waals surface area contributed by atoms with Crippen molar-refractivity contribution in [3.8, 4) is 5.75 Å². The van der Waals surface area contributed by atoms with Gasteiger partial charge < -0.3 is 15.4 Å². The normalized spacial score (nSPS) is 12.2. The number of aryl methyl sites for hydroxylation is 1. The van der Waals surface area contributed by atoms with E-state index in [-0.39, 0.29) is 23.0 Å². The first kappa shape index (κ1) is 19.7. The number of aromatic nitrogens is 1. The summed E-state index contributed by atoms with van der Waals surface area (Å²) in [6, 6.07) is 3.11. The van der Waals surface area contributed by atoms with Crippen molar-refractivity contribution in [2.75, 3.05) is 5.32 Å². The molecule has 0 saturated carbocycles. The molecule has 0 saturated heterocycles. The van der Waals surface area contributed by atoms with E-state index < -0.39 is 5.92 Å². The standard InChI is InChI=1S/C20H26N2O4/c1-5-7-14-11(3)19(25)22-15-9-13(10-17(24)18(14)15)21-20(26)12(4)16(23)8-6-2/h9-10,12,24H,5-8H2,1-4H3,(H,21,26)(H,22,25)/p+1. The van der Waals surface area contributed by atoms with E-state index in [1.807, 2.05) is 13.8 Å². The molecule has 140 valence electrons. The number of pyridine rings is 1. The predicted octanol–water partition coefficient (Wildman–Crippen LogP) is 3.41. The third kappa shape index (κ3) is 3.95. The van der Waals surface area contributed by atoms with Gasteiger partial charge in [-0.1, -0.05) is 20.3 Å². The summed E-state index contributed by atoms with van der Waals surface area (Å²) in [4.78, 5) is 37.2. The second-order valence-electron chi connectivity index (χ2n) is 6.68. The number of phenols is 1. The zero-order valence-corrected chi connectivity index (χ0v) is 15.8. The summed E-state index contributed by atoms with van der Waals surface area (Å²) in [5.74, 6) is -0.877. The van der Waals surface area contributed by atoms with Crippen molar-refractivity contribution in [2.24, 2.45) is 5.92 Å². The monoisotopic (exact) mass is 359 g/mol. The average Bonchev–Trinajstić information content (AvgIpc) is 2.58. The lowest BCUT2D eigenvalue weighted by Crippen LogP contribution is -2.27. The van der Waals surface area contributed by atoms with Crippen LogP contribution in [0.25, 0.3) is 10.9 Å². The highest BCUT2D eigenvalue weighted by Crippen LogP contribution is 2.32. The van der Waals surface area contributed by atoms with Crippen LogP contribution in [0.4, 0.5) is 5.69 Å². The minimum absolute atomic E-state index is 0.00927. The Morgan fingerprint density at radius 3 is 2.62 bits per heavy atom. The largest absolute Gasteiger partial charge is 0.507 e.